The van der Waals surface area contributed by atoms with Crippen molar-refractivity contribution in [2.75, 3.05) is 6.61 Å². The Morgan fingerprint density at radius 3 is 2.14 bits per heavy atom. The average Bonchev–Trinajstić information content (AvgIpc) is 2.89. The molecule has 0 aromatic carbocycles. The normalized spacial score (nSPS) is 43.5. The number of rotatable bonds is 3. The molecule has 3 rings (SSSR count). The summed E-state index contributed by atoms with van der Waals surface area (Å²) in [5.74, 6) is -1.23. The highest BCUT2D eigenvalue weighted by Gasteiger charge is 2.59. The van der Waals surface area contributed by atoms with Crippen LogP contribution in [0.5, 0.6) is 0 Å². The van der Waals surface area contributed by atoms with Gasteiger partial charge in [0.25, 0.3) is 0 Å². The zero-order valence-corrected chi connectivity index (χ0v) is 15.5. The predicted octanol–water partition coefficient (Wildman–Crippen LogP) is 2.23. The van der Waals surface area contributed by atoms with Crippen molar-refractivity contribution in [1.82, 2.24) is 0 Å². The summed E-state index contributed by atoms with van der Waals surface area (Å²) in [6, 6.07) is 0. The summed E-state index contributed by atoms with van der Waals surface area (Å²) >= 11 is 0. The molecule has 6 nitrogen and oxygen atoms in total. The van der Waals surface area contributed by atoms with Crippen molar-refractivity contribution in [3.05, 3.63) is 0 Å². The molecular weight excluding hydrogens is 304 g/mol. The lowest BCUT2D eigenvalue weighted by Gasteiger charge is -2.32. The van der Waals surface area contributed by atoms with Gasteiger partial charge < -0.3 is 28.1 Å². The first kappa shape index (κ1) is 16.8. The first-order valence-electron chi connectivity index (χ1n) is 7.97. The van der Waals surface area contributed by atoms with Crippen molar-refractivity contribution < 1.29 is 28.1 Å². The molecule has 22 heavy (non-hydrogen) atoms. The number of hydrogen-bond donors (Lipinski definition) is 0. The molecule has 3 aliphatic rings. The fourth-order valence-electron chi connectivity index (χ4n) is 3.22. The highest BCUT2D eigenvalue weighted by atomic mass is 28.4. The van der Waals surface area contributed by atoms with E-state index in [0.717, 1.165) is 0 Å². The van der Waals surface area contributed by atoms with Gasteiger partial charge in [0, 0.05) is 0 Å². The summed E-state index contributed by atoms with van der Waals surface area (Å²) < 4.78 is 36.0. The van der Waals surface area contributed by atoms with E-state index in [1.165, 1.54) is 0 Å². The molecule has 7 heteroatoms. The maximum atomic E-state index is 6.37. The Labute approximate surface area is 133 Å². The van der Waals surface area contributed by atoms with Crippen LogP contribution >= 0.6 is 0 Å². The Bertz CT molecular complexity index is 432. The predicted molar refractivity (Wildman–Crippen MR) is 81.8 cm³/mol. The summed E-state index contributed by atoms with van der Waals surface area (Å²) in [5.41, 5.74) is 0. The topological polar surface area (TPSA) is 55.4 Å². The van der Waals surface area contributed by atoms with E-state index < -0.39 is 26.2 Å². The minimum atomic E-state index is -1.77. The van der Waals surface area contributed by atoms with E-state index in [1.807, 2.05) is 27.7 Å². The first-order valence-corrected chi connectivity index (χ1v) is 11.4. The maximum absolute atomic E-state index is 6.37. The maximum Gasteiger partial charge on any atom is 0.190 e. The molecule has 128 valence electrons. The minimum Gasteiger partial charge on any atom is -0.409 e. The first-order chi connectivity index (χ1) is 9.96. The van der Waals surface area contributed by atoms with Gasteiger partial charge in [0.05, 0.1) is 6.61 Å². The quantitative estimate of drug-likeness (QED) is 0.739. The van der Waals surface area contributed by atoms with Gasteiger partial charge in [-0.2, -0.15) is 0 Å². The van der Waals surface area contributed by atoms with Crippen LogP contribution in [0.3, 0.4) is 0 Å². The minimum absolute atomic E-state index is 0.169. The smallest absolute Gasteiger partial charge is 0.190 e. The van der Waals surface area contributed by atoms with Crippen molar-refractivity contribution in [3.8, 4) is 0 Å². The van der Waals surface area contributed by atoms with Gasteiger partial charge in [-0.05, 0) is 47.3 Å². The van der Waals surface area contributed by atoms with Gasteiger partial charge in [-0.3, -0.25) is 0 Å². The molecule has 3 saturated heterocycles. The molecule has 0 saturated carbocycles. The van der Waals surface area contributed by atoms with Gasteiger partial charge in [0.1, 0.15) is 24.4 Å². The van der Waals surface area contributed by atoms with Crippen LogP contribution in [-0.2, 0) is 28.1 Å². The van der Waals surface area contributed by atoms with Gasteiger partial charge in [-0.1, -0.05) is 0 Å². The van der Waals surface area contributed by atoms with Crippen LogP contribution in [0.2, 0.25) is 19.6 Å². The number of ether oxygens (including phenoxy) is 5. The molecule has 0 aliphatic carbocycles. The van der Waals surface area contributed by atoms with Crippen LogP contribution in [0.1, 0.15) is 27.7 Å². The van der Waals surface area contributed by atoms with E-state index in [-0.39, 0.29) is 24.4 Å². The van der Waals surface area contributed by atoms with Crippen LogP contribution < -0.4 is 0 Å². The molecule has 0 aromatic rings. The van der Waals surface area contributed by atoms with E-state index in [2.05, 4.69) is 19.6 Å². The summed E-state index contributed by atoms with van der Waals surface area (Å²) in [6.45, 7) is 14.6. The van der Waals surface area contributed by atoms with Gasteiger partial charge in [0.15, 0.2) is 26.2 Å². The standard InChI is InChI=1S/C15H28O6Si/c1-14(2)16-8-9(18-14)10-11(21-22(5,6)7)12-13(17-10)20-15(3,4)19-12/h9-13H,8H2,1-7H3/t9-,10+,11-,12+,13+/m0/s1. The fourth-order valence-corrected chi connectivity index (χ4v) is 4.31. The lowest BCUT2D eigenvalue weighted by atomic mass is 10.1. The van der Waals surface area contributed by atoms with Gasteiger partial charge in [-0.15, -0.1) is 0 Å². The van der Waals surface area contributed by atoms with Gasteiger partial charge in [0.2, 0.25) is 0 Å². The Kier molecular flexibility index (Phi) is 4.01. The van der Waals surface area contributed by atoms with Crippen LogP contribution in [0.4, 0.5) is 0 Å². The highest BCUT2D eigenvalue weighted by Crippen LogP contribution is 2.42. The second kappa shape index (κ2) is 5.24. The van der Waals surface area contributed by atoms with Crippen molar-refractivity contribution >= 4 is 8.32 Å². The van der Waals surface area contributed by atoms with Crippen LogP contribution in [0.15, 0.2) is 0 Å². The molecule has 0 radical (unpaired) electrons. The molecule has 0 spiro atoms. The fraction of sp³-hybridized carbons (Fsp3) is 1.00. The van der Waals surface area contributed by atoms with Gasteiger partial charge >= 0.3 is 0 Å². The zero-order valence-electron chi connectivity index (χ0n) is 14.5. The monoisotopic (exact) mass is 332 g/mol. The third-order valence-electron chi connectivity index (χ3n) is 3.91. The molecule has 0 bridgehead atoms. The summed E-state index contributed by atoms with van der Waals surface area (Å²) in [6.07, 6.45) is -1.23. The Hall–Kier alpha value is -0.0231. The molecule has 0 amide bonds. The van der Waals surface area contributed by atoms with Crippen molar-refractivity contribution in [2.45, 2.75) is 89.6 Å². The summed E-state index contributed by atoms with van der Waals surface area (Å²) in [5, 5.41) is 0. The molecule has 5 atom stereocenters. The largest absolute Gasteiger partial charge is 0.409 e. The molecule has 0 N–H and O–H groups in total. The molecular formula is C15H28O6Si. The van der Waals surface area contributed by atoms with E-state index >= 15 is 0 Å². The SMILES string of the molecule is CC1(C)O[C@H]2O[C@H]([C@@H]3COC(C)(C)O3)[C@H](O[Si](C)(C)C)[C@H]2O1. The molecule has 3 fully saturated rings. The van der Waals surface area contributed by atoms with Crippen LogP contribution in [-0.4, -0.2) is 57.2 Å². The Balaban J connectivity index is 1.78. The second-order valence-electron chi connectivity index (χ2n) is 8.13. The van der Waals surface area contributed by atoms with E-state index in [1.54, 1.807) is 0 Å². The Morgan fingerprint density at radius 1 is 0.909 bits per heavy atom. The third kappa shape index (κ3) is 3.40. The van der Waals surface area contributed by atoms with Gasteiger partial charge in [-0.25, -0.2) is 0 Å². The summed E-state index contributed by atoms with van der Waals surface area (Å²) in [4.78, 5) is 0. The van der Waals surface area contributed by atoms with Crippen molar-refractivity contribution in [2.24, 2.45) is 0 Å². The van der Waals surface area contributed by atoms with Crippen LogP contribution in [0.25, 0.3) is 0 Å². The van der Waals surface area contributed by atoms with E-state index in [4.69, 9.17) is 28.1 Å². The number of fused-ring (bicyclic) bond motifs is 1. The van der Waals surface area contributed by atoms with Crippen LogP contribution in [0, 0.1) is 0 Å². The highest BCUT2D eigenvalue weighted by molar-refractivity contribution is 6.69. The lowest BCUT2D eigenvalue weighted by molar-refractivity contribution is -0.230. The van der Waals surface area contributed by atoms with E-state index in [9.17, 15) is 0 Å². The third-order valence-corrected chi connectivity index (χ3v) is 4.89. The Morgan fingerprint density at radius 2 is 1.59 bits per heavy atom. The molecule has 0 aromatic heterocycles. The van der Waals surface area contributed by atoms with Crippen molar-refractivity contribution in [1.29, 1.82) is 0 Å². The molecule has 3 aliphatic heterocycles. The summed E-state index contributed by atoms with van der Waals surface area (Å²) in [7, 11) is -1.77. The zero-order chi connectivity index (χ0) is 16.3. The molecule has 3 heterocycles. The second-order valence-corrected chi connectivity index (χ2v) is 12.6. The lowest BCUT2D eigenvalue weighted by Crippen LogP contribution is -2.48. The van der Waals surface area contributed by atoms with E-state index in [0.29, 0.717) is 6.61 Å². The number of hydrogen-bond acceptors (Lipinski definition) is 6. The van der Waals surface area contributed by atoms with Crippen molar-refractivity contribution in [3.63, 3.8) is 0 Å². The molecule has 0 unspecified atom stereocenters. The average molecular weight is 332 g/mol.